The molecule has 2 aromatic rings. The van der Waals surface area contributed by atoms with Crippen molar-refractivity contribution in [3.05, 3.63) is 40.0 Å². The first-order valence-electron chi connectivity index (χ1n) is 8.11. The Labute approximate surface area is 153 Å². The second-order valence-corrected chi connectivity index (χ2v) is 9.11. The van der Waals surface area contributed by atoms with E-state index in [-0.39, 0.29) is 19.0 Å². The van der Waals surface area contributed by atoms with Crippen LogP contribution in [-0.4, -0.2) is 35.8 Å². The lowest BCUT2D eigenvalue weighted by atomic mass is 9.96. The largest absolute Gasteiger partial charge is 0.419 e. The summed E-state index contributed by atoms with van der Waals surface area (Å²) in [5.74, 6) is 0.0297. The van der Waals surface area contributed by atoms with Crippen LogP contribution in [-0.2, 0) is 22.6 Å². The number of halogens is 3. The van der Waals surface area contributed by atoms with Crippen LogP contribution in [0.1, 0.15) is 29.1 Å². The second-order valence-electron chi connectivity index (χ2n) is 6.31. The van der Waals surface area contributed by atoms with Gasteiger partial charge in [0.15, 0.2) is 5.03 Å². The first-order valence-corrected chi connectivity index (χ1v) is 10.4. The van der Waals surface area contributed by atoms with E-state index >= 15 is 0 Å². The number of pyridine rings is 1. The smallest absolute Gasteiger partial charge is 0.247 e. The predicted molar refractivity (Wildman–Crippen MR) is 91.3 cm³/mol. The molecule has 0 spiro atoms. The number of thiazole rings is 1. The van der Waals surface area contributed by atoms with Gasteiger partial charge in [-0.05, 0) is 37.8 Å². The molecule has 1 aliphatic rings. The fourth-order valence-corrected chi connectivity index (χ4v) is 5.65. The van der Waals surface area contributed by atoms with Gasteiger partial charge in [-0.2, -0.15) is 17.5 Å². The van der Waals surface area contributed by atoms with Gasteiger partial charge >= 0.3 is 6.18 Å². The Balaban J connectivity index is 1.83. The normalized spacial score (nSPS) is 19.6. The zero-order valence-electron chi connectivity index (χ0n) is 14.0. The summed E-state index contributed by atoms with van der Waals surface area (Å²) in [4.78, 5) is 7.93. The highest BCUT2D eigenvalue weighted by molar-refractivity contribution is 7.89. The molecule has 142 valence electrons. The van der Waals surface area contributed by atoms with Gasteiger partial charge < -0.3 is 0 Å². The van der Waals surface area contributed by atoms with Crippen LogP contribution in [0.3, 0.4) is 0 Å². The number of aromatic nitrogens is 2. The molecule has 0 amide bonds. The van der Waals surface area contributed by atoms with Crippen molar-refractivity contribution in [2.45, 2.75) is 37.4 Å². The maximum absolute atomic E-state index is 13.2. The highest BCUT2D eigenvalue weighted by atomic mass is 32.2. The van der Waals surface area contributed by atoms with E-state index in [1.807, 2.05) is 12.3 Å². The lowest BCUT2D eigenvalue weighted by Crippen LogP contribution is -2.41. The van der Waals surface area contributed by atoms with Gasteiger partial charge in [0.2, 0.25) is 0 Å². The monoisotopic (exact) mass is 405 g/mol. The van der Waals surface area contributed by atoms with Crippen LogP contribution >= 0.6 is 11.3 Å². The van der Waals surface area contributed by atoms with Gasteiger partial charge in [-0.15, -0.1) is 11.3 Å². The van der Waals surface area contributed by atoms with Gasteiger partial charge in [0.05, 0.1) is 10.6 Å². The van der Waals surface area contributed by atoms with Crippen molar-refractivity contribution in [2.75, 3.05) is 13.1 Å². The quantitative estimate of drug-likeness (QED) is 0.781. The zero-order chi connectivity index (χ0) is 18.9. The minimum absolute atomic E-state index is 0.0297. The molecule has 1 aliphatic heterocycles. The average Bonchev–Trinajstić information content (AvgIpc) is 2.99. The van der Waals surface area contributed by atoms with Crippen molar-refractivity contribution in [1.29, 1.82) is 0 Å². The van der Waals surface area contributed by atoms with Crippen LogP contribution in [0.25, 0.3) is 0 Å². The molecule has 1 fully saturated rings. The van der Waals surface area contributed by atoms with Crippen LogP contribution in [0, 0.1) is 12.8 Å². The average molecular weight is 405 g/mol. The van der Waals surface area contributed by atoms with Crippen molar-refractivity contribution < 1.29 is 21.6 Å². The Morgan fingerprint density at radius 1 is 1.38 bits per heavy atom. The lowest BCUT2D eigenvalue weighted by Gasteiger charge is -2.31. The number of nitrogens with zero attached hydrogens (tertiary/aromatic N) is 3. The molecule has 3 rings (SSSR count). The maximum Gasteiger partial charge on any atom is 0.419 e. The summed E-state index contributed by atoms with van der Waals surface area (Å²) in [7, 11) is -4.31. The van der Waals surface area contributed by atoms with Gasteiger partial charge in [0.25, 0.3) is 10.0 Å². The summed E-state index contributed by atoms with van der Waals surface area (Å²) in [6.45, 7) is 2.26. The van der Waals surface area contributed by atoms with Gasteiger partial charge in [0.1, 0.15) is 0 Å². The molecular formula is C16H18F3N3O2S2. The highest BCUT2D eigenvalue weighted by Crippen LogP contribution is 2.35. The number of sulfonamides is 1. The summed E-state index contributed by atoms with van der Waals surface area (Å²) in [6.07, 6.45) is -1.66. The van der Waals surface area contributed by atoms with E-state index in [0.717, 1.165) is 39.8 Å². The van der Waals surface area contributed by atoms with Crippen molar-refractivity contribution in [3.8, 4) is 0 Å². The third kappa shape index (κ3) is 4.07. The van der Waals surface area contributed by atoms with Gasteiger partial charge in [-0.25, -0.2) is 18.4 Å². The van der Waals surface area contributed by atoms with Crippen LogP contribution < -0.4 is 0 Å². The highest BCUT2D eigenvalue weighted by Gasteiger charge is 2.41. The first kappa shape index (κ1) is 19.2. The Morgan fingerprint density at radius 3 is 2.81 bits per heavy atom. The fraction of sp³-hybridized carbons (Fsp3) is 0.500. The molecule has 0 N–H and O–H groups in total. The van der Waals surface area contributed by atoms with Crippen LogP contribution in [0.4, 0.5) is 13.2 Å². The molecule has 1 atom stereocenters. The van der Waals surface area contributed by atoms with Crippen molar-refractivity contribution in [3.63, 3.8) is 0 Å². The Hall–Kier alpha value is -1.52. The molecule has 26 heavy (non-hydrogen) atoms. The molecular weight excluding hydrogens is 387 g/mol. The van der Waals surface area contributed by atoms with Crippen LogP contribution in [0.15, 0.2) is 28.7 Å². The second kappa shape index (κ2) is 7.24. The molecule has 0 aromatic carbocycles. The summed E-state index contributed by atoms with van der Waals surface area (Å²) in [5.41, 5.74) is -0.314. The number of aryl methyl sites for hydroxylation is 1. The minimum Gasteiger partial charge on any atom is -0.247 e. The number of piperidine rings is 1. The van der Waals surface area contributed by atoms with Gasteiger partial charge in [0, 0.05) is 36.8 Å². The molecule has 0 bridgehead atoms. The maximum atomic E-state index is 13.2. The topological polar surface area (TPSA) is 63.2 Å². The molecule has 0 aliphatic carbocycles. The molecule has 0 saturated carbocycles. The van der Waals surface area contributed by atoms with E-state index < -0.39 is 26.8 Å². The number of rotatable bonds is 4. The van der Waals surface area contributed by atoms with Crippen LogP contribution in [0.2, 0.25) is 0 Å². The molecule has 2 aromatic heterocycles. The van der Waals surface area contributed by atoms with E-state index in [1.54, 1.807) is 0 Å². The van der Waals surface area contributed by atoms with Crippen molar-refractivity contribution >= 4 is 21.4 Å². The summed E-state index contributed by atoms with van der Waals surface area (Å²) in [5, 5.41) is 1.93. The number of hydrogen-bond acceptors (Lipinski definition) is 5. The Morgan fingerprint density at radius 2 is 2.15 bits per heavy atom. The Kier molecular flexibility index (Phi) is 5.36. The molecule has 1 saturated heterocycles. The lowest BCUT2D eigenvalue weighted by molar-refractivity contribution is -0.140. The number of hydrogen-bond donors (Lipinski definition) is 0. The van der Waals surface area contributed by atoms with E-state index in [4.69, 9.17) is 0 Å². The summed E-state index contributed by atoms with van der Waals surface area (Å²) < 4.78 is 66.3. The Bertz CT molecular complexity index is 881. The van der Waals surface area contributed by atoms with E-state index in [0.29, 0.717) is 12.8 Å². The summed E-state index contributed by atoms with van der Waals surface area (Å²) in [6, 6.07) is 1.84. The van der Waals surface area contributed by atoms with E-state index in [9.17, 15) is 21.6 Å². The van der Waals surface area contributed by atoms with Crippen LogP contribution in [0.5, 0.6) is 0 Å². The van der Waals surface area contributed by atoms with Gasteiger partial charge in [-0.3, -0.25) is 0 Å². The molecule has 1 unspecified atom stereocenters. The summed E-state index contributed by atoms with van der Waals surface area (Å²) >= 11 is 1.51. The van der Waals surface area contributed by atoms with Gasteiger partial charge in [-0.1, -0.05) is 0 Å². The van der Waals surface area contributed by atoms with Crippen molar-refractivity contribution in [1.82, 2.24) is 14.3 Å². The fourth-order valence-electron chi connectivity index (χ4n) is 3.09. The minimum atomic E-state index is -4.77. The third-order valence-corrected chi connectivity index (χ3v) is 7.09. The van der Waals surface area contributed by atoms with Crippen molar-refractivity contribution in [2.24, 2.45) is 5.92 Å². The predicted octanol–water partition coefficient (Wildman–Crippen LogP) is 3.51. The standard InChI is InChI=1S/C16H18F3N3O2S2/c1-11-10-25-14(21-11)8-12-4-3-7-22(9-12)26(23,24)15-13(16(17,18)19)5-2-6-20-15/h2,5-6,10,12H,3-4,7-9H2,1H3. The molecule has 5 nitrogen and oxygen atoms in total. The molecule has 3 heterocycles. The van der Waals surface area contributed by atoms with E-state index in [1.165, 1.54) is 11.3 Å². The zero-order valence-corrected chi connectivity index (χ0v) is 15.7. The SMILES string of the molecule is Cc1csc(CC2CCCN(S(=O)(=O)c3ncccc3C(F)(F)F)C2)n1. The first-order chi connectivity index (χ1) is 12.2. The molecule has 0 radical (unpaired) electrons. The molecule has 10 heteroatoms. The van der Waals surface area contributed by atoms with E-state index in [2.05, 4.69) is 9.97 Å². The third-order valence-electron chi connectivity index (χ3n) is 4.27. The number of alkyl halides is 3.